The van der Waals surface area contributed by atoms with Crippen LogP contribution in [-0.4, -0.2) is 50.8 Å². The number of ether oxygens (including phenoxy) is 1. The van der Waals surface area contributed by atoms with Crippen LogP contribution in [0.3, 0.4) is 0 Å². The lowest BCUT2D eigenvalue weighted by molar-refractivity contribution is 0.0748. The second kappa shape index (κ2) is 7.43. The zero-order valence-electron chi connectivity index (χ0n) is 15.9. The average molecular weight is 382 g/mol. The van der Waals surface area contributed by atoms with Crippen LogP contribution in [0.25, 0.3) is 22.1 Å². The lowest BCUT2D eigenvalue weighted by atomic mass is 9.91. The molecule has 3 N–H and O–H groups in total. The summed E-state index contributed by atoms with van der Waals surface area (Å²) in [6.45, 7) is 1.84. The van der Waals surface area contributed by atoms with E-state index >= 15 is 0 Å². The van der Waals surface area contributed by atoms with Crippen molar-refractivity contribution in [3.05, 3.63) is 24.8 Å². The van der Waals surface area contributed by atoms with Crippen molar-refractivity contribution in [2.45, 2.75) is 56.7 Å². The van der Waals surface area contributed by atoms with Gasteiger partial charge < -0.3 is 24.9 Å². The molecule has 8 heteroatoms. The van der Waals surface area contributed by atoms with Gasteiger partial charge in [-0.15, -0.1) is 0 Å². The lowest BCUT2D eigenvalue weighted by Gasteiger charge is -2.31. The van der Waals surface area contributed by atoms with E-state index in [9.17, 15) is 4.79 Å². The Morgan fingerprint density at radius 2 is 1.96 bits per heavy atom. The molecule has 0 bridgehead atoms. The largest absolute Gasteiger partial charge is 0.446 e. The maximum atomic E-state index is 12.2. The first-order valence-corrected chi connectivity index (χ1v) is 10.2. The molecule has 1 saturated carbocycles. The number of nitrogens with one attached hydrogen (secondary N) is 3. The summed E-state index contributed by atoms with van der Waals surface area (Å²) in [6.07, 6.45) is 11.2. The molecule has 3 aromatic heterocycles. The fraction of sp³-hybridized carbons (Fsp3) is 0.550. The number of amides is 1. The average Bonchev–Trinajstić information content (AvgIpc) is 3.35. The van der Waals surface area contributed by atoms with Crippen molar-refractivity contribution in [1.82, 2.24) is 30.2 Å². The van der Waals surface area contributed by atoms with Crippen molar-refractivity contribution in [3.8, 4) is 0 Å². The predicted molar refractivity (Wildman–Crippen MR) is 106 cm³/mol. The molecule has 0 atom stereocenters. The maximum Gasteiger partial charge on any atom is 0.407 e. The summed E-state index contributed by atoms with van der Waals surface area (Å²) >= 11 is 0. The highest BCUT2D eigenvalue weighted by atomic mass is 16.6. The molecule has 0 unspecified atom stereocenters. The topological polar surface area (TPSA) is 96.9 Å². The second-order valence-electron chi connectivity index (χ2n) is 7.89. The van der Waals surface area contributed by atoms with Gasteiger partial charge in [0.05, 0.1) is 18.0 Å². The highest BCUT2D eigenvalue weighted by Crippen LogP contribution is 2.33. The van der Waals surface area contributed by atoms with Crippen LogP contribution in [0.15, 0.2) is 24.8 Å². The van der Waals surface area contributed by atoms with E-state index in [1.165, 1.54) is 0 Å². The monoisotopic (exact) mass is 382 g/mol. The van der Waals surface area contributed by atoms with Crippen molar-refractivity contribution in [3.63, 3.8) is 0 Å². The Morgan fingerprint density at radius 1 is 1.14 bits per heavy atom. The molecule has 8 nitrogen and oxygen atoms in total. The number of carbonyl (C=O) groups excluding carboxylic acids is 1. The molecule has 28 heavy (non-hydrogen) atoms. The number of imidazole rings is 1. The van der Waals surface area contributed by atoms with E-state index in [0.29, 0.717) is 6.04 Å². The van der Waals surface area contributed by atoms with Gasteiger partial charge in [-0.05, 0) is 57.7 Å². The van der Waals surface area contributed by atoms with Crippen LogP contribution in [0, 0.1) is 0 Å². The predicted octanol–water partition coefficient (Wildman–Crippen LogP) is 2.87. The zero-order valence-corrected chi connectivity index (χ0v) is 15.9. The Bertz CT molecular complexity index is 966. The van der Waals surface area contributed by atoms with Gasteiger partial charge in [-0.25, -0.2) is 14.8 Å². The molecule has 1 aliphatic carbocycles. The molecule has 1 saturated heterocycles. The number of hydrogen-bond acceptors (Lipinski definition) is 5. The van der Waals surface area contributed by atoms with Crippen molar-refractivity contribution >= 4 is 28.2 Å². The van der Waals surface area contributed by atoms with Gasteiger partial charge in [0.25, 0.3) is 0 Å². The van der Waals surface area contributed by atoms with E-state index < -0.39 is 0 Å². The van der Waals surface area contributed by atoms with Gasteiger partial charge in [-0.3, -0.25) is 0 Å². The molecular formula is C20H26N6O2. The minimum Gasteiger partial charge on any atom is -0.446 e. The van der Waals surface area contributed by atoms with Crippen molar-refractivity contribution in [2.75, 3.05) is 13.1 Å². The minimum atomic E-state index is -0.261. The molecule has 1 aliphatic heterocycles. The Labute approximate surface area is 163 Å². The number of H-pyrrole nitrogens is 1. The number of pyridine rings is 1. The first kappa shape index (κ1) is 17.5. The summed E-state index contributed by atoms with van der Waals surface area (Å²) in [7, 11) is 0. The lowest BCUT2D eigenvalue weighted by Crippen LogP contribution is -2.41. The van der Waals surface area contributed by atoms with E-state index in [1.807, 2.05) is 18.7 Å². The Morgan fingerprint density at radius 3 is 2.79 bits per heavy atom. The number of rotatable bonds is 3. The van der Waals surface area contributed by atoms with Crippen molar-refractivity contribution in [1.29, 1.82) is 0 Å². The quantitative estimate of drug-likeness (QED) is 0.647. The maximum absolute atomic E-state index is 12.2. The van der Waals surface area contributed by atoms with Gasteiger partial charge in [0.15, 0.2) is 0 Å². The van der Waals surface area contributed by atoms with Gasteiger partial charge >= 0.3 is 6.09 Å². The molecule has 3 aromatic rings. The fourth-order valence-corrected chi connectivity index (χ4v) is 4.57. The van der Waals surface area contributed by atoms with Crippen LogP contribution in [0.5, 0.6) is 0 Å². The van der Waals surface area contributed by atoms with Gasteiger partial charge in [-0.2, -0.15) is 0 Å². The third-order valence-corrected chi connectivity index (χ3v) is 6.09. The Hall–Kier alpha value is -2.61. The standard InChI is InChI=1S/C20H26N6O2/c27-20(28-15-5-8-21-9-6-15)25-13-1-3-14(4-2-13)26-12-24-17-11-23-19-16(18(17)26)7-10-22-19/h7,10-15,21H,1-6,8-9H2,(H,22,23)(H,25,27)/t13-,14-. The summed E-state index contributed by atoms with van der Waals surface area (Å²) < 4.78 is 7.86. The Kier molecular flexibility index (Phi) is 4.64. The van der Waals surface area contributed by atoms with E-state index in [1.54, 1.807) is 0 Å². The van der Waals surface area contributed by atoms with E-state index in [2.05, 4.69) is 36.2 Å². The molecule has 0 radical (unpaired) electrons. The molecule has 5 rings (SSSR count). The van der Waals surface area contributed by atoms with Gasteiger partial charge in [0.1, 0.15) is 17.3 Å². The summed E-state index contributed by atoms with van der Waals surface area (Å²) in [5.41, 5.74) is 2.97. The molecule has 0 spiro atoms. The summed E-state index contributed by atoms with van der Waals surface area (Å²) in [6, 6.07) is 2.64. The number of hydrogen-bond donors (Lipinski definition) is 3. The van der Waals surface area contributed by atoms with Crippen molar-refractivity contribution < 1.29 is 9.53 Å². The van der Waals surface area contributed by atoms with E-state index in [4.69, 9.17) is 4.74 Å². The number of fused-ring (bicyclic) bond motifs is 3. The molecule has 1 amide bonds. The van der Waals surface area contributed by atoms with Crippen LogP contribution < -0.4 is 10.6 Å². The van der Waals surface area contributed by atoms with Gasteiger partial charge in [-0.1, -0.05) is 0 Å². The third-order valence-electron chi connectivity index (χ3n) is 6.09. The first-order valence-electron chi connectivity index (χ1n) is 10.2. The van der Waals surface area contributed by atoms with Crippen LogP contribution in [0.2, 0.25) is 0 Å². The molecule has 0 aromatic carbocycles. The Balaban J connectivity index is 1.22. The number of piperidine rings is 1. The zero-order chi connectivity index (χ0) is 18.9. The fourth-order valence-electron chi connectivity index (χ4n) is 4.57. The second-order valence-corrected chi connectivity index (χ2v) is 7.89. The first-order chi connectivity index (χ1) is 13.8. The minimum absolute atomic E-state index is 0.0484. The molecule has 2 aliphatic rings. The third kappa shape index (κ3) is 3.32. The molecule has 148 valence electrons. The summed E-state index contributed by atoms with van der Waals surface area (Å²) in [4.78, 5) is 24.3. The van der Waals surface area contributed by atoms with E-state index in [0.717, 1.165) is 73.7 Å². The number of alkyl carbamates (subject to hydrolysis) is 1. The number of nitrogens with zero attached hydrogens (tertiary/aromatic N) is 3. The van der Waals surface area contributed by atoms with Crippen molar-refractivity contribution in [2.24, 2.45) is 0 Å². The normalized spacial score (nSPS) is 23.9. The molecular weight excluding hydrogens is 356 g/mol. The smallest absolute Gasteiger partial charge is 0.407 e. The van der Waals surface area contributed by atoms with Gasteiger partial charge in [0.2, 0.25) is 0 Å². The number of aromatic nitrogens is 4. The van der Waals surface area contributed by atoms with E-state index in [-0.39, 0.29) is 18.2 Å². The van der Waals surface area contributed by atoms with Crippen LogP contribution in [-0.2, 0) is 4.74 Å². The van der Waals surface area contributed by atoms with Crippen LogP contribution >= 0.6 is 0 Å². The van der Waals surface area contributed by atoms with Gasteiger partial charge in [0, 0.05) is 23.7 Å². The van der Waals surface area contributed by atoms with Crippen LogP contribution in [0.1, 0.15) is 44.6 Å². The highest BCUT2D eigenvalue weighted by molar-refractivity contribution is 6.00. The summed E-state index contributed by atoms with van der Waals surface area (Å²) in [5.74, 6) is 0. The summed E-state index contributed by atoms with van der Waals surface area (Å²) in [5, 5.41) is 7.47. The van der Waals surface area contributed by atoms with Crippen LogP contribution in [0.4, 0.5) is 4.79 Å². The molecule has 2 fully saturated rings. The number of aromatic amines is 1. The number of carbonyl (C=O) groups is 1. The SMILES string of the molecule is O=C(N[C@H]1CC[C@H](n2cnc3cnc4[nH]ccc4c32)CC1)OC1CCNCC1. The highest BCUT2D eigenvalue weighted by Gasteiger charge is 2.26. The molecule has 4 heterocycles.